The maximum absolute atomic E-state index is 12.5. The van der Waals surface area contributed by atoms with E-state index in [9.17, 15) is 18.0 Å². The molecule has 0 saturated carbocycles. The molecule has 0 aliphatic carbocycles. The van der Waals surface area contributed by atoms with Gasteiger partial charge in [0.15, 0.2) is 0 Å². The van der Waals surface area contributed by atoms with Crippen LogP contribution >= 0.6 is 0 Å². The fourth-order valence-corrected chi connectivity index (χ4v) is 5.06. The van der Waals surface area contributed by atoms with Crippen molar-refractivity contribution in [1.82, 2.24) is 14.5 Å². The highest BCUT2D eigenvalue weighted by atomic mass is 32.2. The lowest BCUT2D eigenvalue weighted by molar-refractivity contribution is 0.0654. The number of hydrogen-bond donors (Lipinski definition) is 1. The molecule has 1 saturated heterocycles. The monoisotopic (exact) mass is 365 g/mol. The van der Waals surface area contributed by atoms with Crippen molar-refractivity contribution in [3.05, 3.63) is 35.4 Å². The first-order valence-electron chi connectivity index (χ1n) is 8.51. The Hall–Kier alpha value is -1.77. The van der Waals surface area contributed by atoms with Gasteiger partial charge in [-0.1, -0.05) is 12.1 Å². The molecule has 8 heteroatoms. The molecule has 0 radical (unpaired) electrons. The molecule has 1 unspecified atom stereocenters. The van der Waals surface area contributed by atoms with Gasteiger partial charge in [0, 0.05) is 19.6 Å². The van der Waals surface area contributed by atoms with Crippen molar-refractivity contribution >= 4 is 21.8 Å². The molecule has 2 amide bonds. The number of nitrogens with zero attached hydrogens (tertiary/aromatic N) is 2. The SMILES string of the molecule is CNCC1CCN(S(=O)(=O)CCCN2C(=O)c3ccccc3C2=O)C1. The Bertz CT molecular complexity index is 743. The van der Waals surface area contributed by atoms with E-state index in [2.05, 4.69) is 5.32 Å². The van der Waals surface area contributed by atoms with Crippen LogP contribution in [0.15, 0.2) is 24.3 Å². The zero-order chi connectivity index (χ0) is 18.0. The van der Waals surface area contributed by atoms with Crippen molar-refractivity contribution in [3.8, 4) is 0 Å². The number of carbonyl (C=O) groups is 2. The largest absolute Gasteiger partial charge is 0.319 e. The third-order valence-electron chi connectivity index (χ3n) is 4.80. The van der Waals surface area contributed by atoms with E-state index in [4.69, 9.17) is 0 Å². The van der Waals surface area contributed by atoms with Gasteiger partial charge in [-0.25, -0.2) is 12.7 Å². The number of sulfonamides is 1. The molecular weight excluding hydrogens is 342 g/mol. The van der Waals surface area contributed by atoms with Crippen molar-refractivity contribution < 1.29 is 18.0 Å². The normalized spacial score (nSPS) is 21.2. The molecule has 2 aliphatic heterocycles. The zero-order valence-electron chi connectivity index (χ0n) is 14.3. The molecule has 7 nitrogen and oxygen atoms in total. The van der Waals surface area contributed by atoms with Crippen molar-refractivity contribution in [2.45, 2.75) is 12.8 Å². The minimum absolute atomic E-state index is 0.0489. The Morgan fingerprint density at radius 2 is 1.80 bits per heavy atom. The van der Waals surface area contributed by atoms with Crippen LogP contribution in [-0.2, 0) is 10.0 Å². The number of rotatable bonds is 7. The van der Waals surface area contributed by atoms with Gasteiger partial charge in [-0.05, 0) is 44.5 Å². The van der Waals surface area contributed by atoms with Gasteiger partial charge in [-0.3, -0.25) is 14.5 Å². The van der Waals surface area contributed by atoms with Crippen LogP contribution in [0, 0.1) is 5.92 Å². The predicted molar refractivity (Wildman–Crippen MR) is 93.8 cm³/mol. The van der Waals surface area contributed by atoms with Gasteiger partial charge in [-0.15, -0.1) is 0 Å². The van der Waals surface area contributed by atoms with Crippen LogP contribution in [0.5, 0.6) is 0 Å². The van der Waals surface area contributed by atoms with Crippen LogP contribution in [0.2, 0.25) is 0 Å². The average Bonchev–Trinajstić information content (AvgIpc) is 3.15. The standard InChI is InChI=1S/C17H23N3O4S/c1-18-11-13-7-9-19(12-13)25(23,24)10-4-8-20-16(21)14-5-2-3-6-15(14)17(20)22/h2-3,5-6,13,18H,4,7-12H2,1H3. The Balaban J connectivity index is 1.55. The van der Waals surface area contributed by atoms with Crippen LogP contribution < -0.4 is 5.32 Å². The van der Waals surface area contributed by atoms with Gasteiger partial charge in [-0.2, -0.15) is 0 Å². The van der Waals surface area contributed by atoms with Crippen LogP contribution in [0.25, 0.3) is 0 Å². The fourth-order valence-electron chi connectivity index (χ4n) is 3.48. The Morgan fingerprint density at radius 3 is 2.40 bits per heavy atom. The number of imide groups is 1. The quantitative estimate of drug-likeness (QED) is 0.713. The molecule has 25 heavy (non-hydrogen) atoms. The molecule has 1 fully saturated rings. The summed E-state index contributed by atoms with van der Waals surface area (Å²) < 4.78 is 26.4. The summed E-state index contributed by atoms with van der Waals surface area (Å²) in [5.74, 6) is -0.385. The smallest absolute Gasteiger partial charge is 0.261 e. The second-order valence-corrected chi connectivity index (χ2v) is 8.64. The van der Waals surface area contributed by atoms with E-state index in [0.717, 1.165) is 17.9 Å². The summed E-state index contributed by atoms with van der Waals surface area (Å²) in [6.07, 6.45) is 1.11. The van der Waals surface area contributed by atoms with E-state index in [-0.39, 0.29) is 30.5 Å². The van der Waals surface area contributed by atoms with Crippen LogP contribution in [0.1, 0.15) is 33.6 Å². The molecule has 1 aromatic carbocycles. The van der Waals surface area contributed by atoms with Crippen LogP contribution in [0.3, 0.4) is 0 Å². The lowest BCUT2D eigenvalue weighted by atomic mass is 10.1. The number of nitrogens with one attached hydrogen (secondary N) is 1. The number of fused-ring (bicyclic) bond motifs is 1. The van der Waals surface area contributed by atoms with E-state index >= 15 is 0 Å². The topological polar surface area (TPSA) is 86.8 Å². The Kier molecular flexibility index (Phi) is 5.21. The van der Waals surface area contributed by atoms with Gasteiger partial charge in [0.2, 0.25) is 10.0 Å². The van der Waals surface area contributed by atoms with Crippen molar-refractivity contribution in [2.75, 3.05) is 39.0 Å². The minimum Gasteiger partial charge on any atom is -0.319 e. The Morgan fingerprint density at radius 1 is 1.16 bits per heavy atom. The highest BCUT2D eigenvalue weighted by Gasteiger charge is 2.35. The van der Waals surface area contributed by atoms with Crippen molar-refractivity contribution in [2.24, 2.45) is 5.92 Å². The maximum Gasteiger partial charge on any atom is 0.261 e. The molecule has 136 valence electrons. The maximum atomic E-state index is 12.5. The van der Waals surface area contributed by atoms with Gasteiger partial charge < -0.3 is 5.32 Å². The Labute approximate surface area is 148 Å². The number of hydrogen-bond acceptors (Lipinski definition) is 5. The predicted octanol–water partition coefficient (Wildman–Crippen LogP) is 0.544. The summed E-state index contributed by atoms with van der Waals surface area (Å²) in [5, 5.41) is 3.08. The minimum atomic E-state index is -3.35. The first kappa shape index (κ1) is 18.0. The summed E-state index contributed by atoms with van der Waals surface area (Å²) in [7, 11) is -1.49. The van der Waals surface area contributed by atoms with Crippen molar-refractivity contribution in [1.29, 1.82) is 0 Å². The second-order valence-electron chi connectivity index (χ2n) is 6.55. The highest BCUT2D eigenvalue weighted by Crippen LogP contribution is 2.23. The van der Waals surface area contributed by atoms with E-state index in [1.54, 1.807) is 24.3 Å². The first-order valence-corrected chi connectivity index (χ1v) is 10.1. The van der Waals surface area contributed by atoms with Gasteiger partial charge >= 0.3 is 0 Å². The molecule has 1 N–H and O–H groups in total. The molecule has 2 heterocycles. The first-order chi connectivity index (χ1) is 11.9. The van der Waals surface area contributed by atoms with Crippen LogP contribution in [-0.4, -0.2) is 68.4 Å². The molecule has 3 rings (SSSR count). The van der Waals surface area contributed by atoms with E-state index in [1.165, 1.54) is 4.31 Å². The van der Waals surface area contributed by atoms with E-state index in [1.807, 2.05) is 7.05 Å². The van der Waals surface area contributed by atoms with Gasteiger partial charge in [0.1, 0.15) is 0 Å². The highest BCUT2D eigenvalue weighted by molar-refractivity contribution is 7.89. The lowest BCUT2D eigenvalue weighted by Crippen LogP contribution is -2.35. The lowest BCUT2D eigenvalue weighted by Gasteiger charge is -2.18. The molecule has 2 aliphatic rings. The zero-order valence-corrected chi connectivity index (χ0v) is 15.1. The third-order valence-corrected chi connectivity index (χ3v) is 6.72. The fraction of sp³-hybridized carbons (Fsp3) is 0.529. The summed E-state index contributed by atoms with van der Waals surface area (Å²) in [5.41, 5.74) is 0.787. The average molecular weight is 365 g/mol. The summed E-state index contributed by atoms with van der Waals surface area (Å²) in [4.78, 5) is 25.7. The second kappa shape index (κ2) is 7.23. The summed E-state index contributed by atoms with van der Waals surface area (Å²) in [6, 6.07) is 6.68. The number of amides is 2. The third kappa shape index (κ3) is 3.61. The summed E-state index contributed by atoms with van der Waals surface area (Å²) >= 11 is 0. The number of carbonyl (C=O) groups excluding carboxylic acids is 2. The number of benzene rings is 1. The van der Waals surface area contributed by atoms with Crippen LogP contribution in [0.4, 0.5) is 0 Å². The van der Waals surface area contributed by atoms with Gasteiger partial charge in [0.25, 0.3) is 11.8 Å². The van der Waals surface area contributed by atoms with Gasteiger partial charge in [0.05, 0.1) is 16.9 Å². The molecule has 0 bridgehead atoms. The molecule has 0 spiro atoms. The molecule has 1 atom stereocenters. The molecule has 0 aromatic heterocycles. The summed E-state index contributed by atoms with van der Waals surface area (Å²) in [6.45, 7) is 2.01. The molecule has 1 aromatic rings. The van der Waals surface area contributed by atoms with E-state index in [0.29, 0.717) is 30.1 Å². The van der Waals surface area contributed by atoms with E-state index < -0.39 is 10.0 Å². The molecular formula is C17H23N3O4S. The van der Waals surface area contributed by atoms with Crippen molar-refractivity contribution in [3.63, 3.8) is 0 Å².